The predicted molar refractivity (Wildman–Crippen MR) is 80.0 cm³/mol. The van der Waals surface area contributed by atoms with Crippen LogP contribution in [0.2, 0.25) is 0 Å². The summed E-state index contributed by atoms with van der Waals surface area (Å²) in [6, 6.07) is 7.77. The highest BCUT2D eigenvalue weighted by Gasteiger charge is 2.25. The van der Waals surface area contributed by atoms with Gasteiger partial charge in [-0.3, -0.25) is 4.98 Å². The van der Waals surface area contributed by atoms with Crippen LogP contribution in [0.25, 0.3) is 11.3 Å². The highest BCUT2D eigenvalue weighted by Crippen LogP contribution is 2.30. The smallest absolute Gasteiger partial charge is 0.337 e. The summed E-state index contributed by atoms with van der Waals surface area (Å²) < 4.78 is 13.4. The fraction of sp³-hybridized carbons (Fsp3) is 0.294. The molecule has 4 heteroatoms. The molecule has 0 aliphatic rings. The van der Waals surface area contributed by atoms with Crippen molar-refractivity contribution in [2.24, 2.45) is 0 Å². The van der Waals surface area contributed by atoms with Crippen molar-refractivity contribution >= 4 is 5.97 Å². The van der Waals surface area contributed by atoms with E-state index in [1.54, 1.807) is 25.1 Å². The molecule has 1 heterocycles. The molecule has 2 rings (SSSR count). The van der Waals surface area contributed by atoms with Crippen LogP contribution in [0.15, 0.2) is 30.3 Å². The van der Waals surface area contributed by atoms with Crippen LogP contribution in [0.5, 0.6) is 0 Å². The minimum absolute atomic E-state index is 0.195. The Balaban J connectivity index is 2.72. The number of aromatic nitrogens is 1. The van der Waals surface area contributed by atoms with Crippen molar-refractivity contribution in [1.29, 1.82) is 0 Å². The van der Waals surface area contributed by atoms with Crippen LogP contribution in [0.4, 0.5) is 4.39 Å². The number of aryl methyl sites for hydroxylation is 1. The van der Waals surface area contributed by atoms with Gasteiger partial charge in [0.25, 0.3) is 0 Å². The van der Waals surface area contributed by atoms with Crippen molar-refractivity contribution < 1.29 is 14.3 Å². The molecule has 1 aromatic carbocycles. The average molecular weight is 287 g/mol. The molecule has 0 unspecified atom stereocenters. The minimum atomic E-state index is -0.999. The average Bonchev–Trinajstić information content (AvgIpc) is 2.36. The van der Waals surface area contributed by atoms with Crippen LogP contribution in [0.1, 0.15) is 42.4 Å². The van der Waals surface area contributed by atoms with Crippen LogP contribution in [0.3, 0.4) is 0 Å². The quantitative estimate of drug-likeness (QED) is 0.901. The second-order valence-corrected chi connectivity index (χ2v) is 6.12. The Bertz CT molecular complexity index is 702. The maximum absolute atomic E-state index is 13.4. The standard InChI is InChI=1S/C17H18FNO2/c1-10-8-13(16(20)21)15(17(2,3)4)19-14(10)11-6-5-7-12(18)9-11/h5-9H,1-4H3,(H,20,21). The molecule has 0 amide bonds. The van der Waals surface area contributed by atoms with E-state index in [9.17, 15) is 14.3 Å². The highest BCUT2D eigenvalue weighted by atomic mass is 19.1. The SMILES string of the molecule is Cc1cc(C(=O)O)c(C(C)(C)C)nc1-c1cccc(F)c1. The van der Waals surface area contributed by atoms with E-state index < -0.39 is 11.4 Å². The molecule has 110 valence electrons. The van der Waals surface area contributed by atoms with Gasteiger partial charge < -0.3 is 5.11 Å². The molecule has 3 nitrogen and oxygen atoms in total. The van der Waals surface area contributed by atoms with Gasteiger partial charge in [0.05, 0.1) is 17.0 Å². The van der Waals surface area contributed by atoms with E-state index in [-0.39, 0.29) is 11.4 Å². The predicted octanol–water partition coefficient (Wildman–Crippen LogP) is 4.19. The third-order valence-corrected chi connectivity index (χ3v) is 3.25. The van der Waals surface area contributed by atoms with Gasteiger partial charge in [-0.1, -0.05) is 32.9 Å². The first-order chi connectivity index (χ1) is 9.70. The lowest BCUT2D eigenvalue weighted by Crippen LogP contribution is -2.20. The van der Waals surface area contributed by atoms with Gasteiger partial charge in [-0.2, -0.15) is 0 Å². The molecule has 1 N–H and O–H groups in total. The van der Waals surface area contributed by atoms with E-state index in [0.29, 0.717) is 22.5 Å². The van der Waals surface area contributed by atoms with E-state index >= 15 is 0 Å². The number of carbonyl (C=O) groups is 1. The Kier molecular flexibility index (Phi) is 3.81. The summed E-state index contributed by atoms with van der Waals surface area (Å²) in [7, 11) is 0. The van der Waals surface area contributed by atoms with E-state index in [1.807, 2.05) is 20.8 Å². The lowest BCUT2D eigenvalue weighted by atomic mass is 9.87. The molecule has 0 fully saturated rings. The number of pyridine rings is 1. The van der Waals surface area contributed by atoms with Gasteiger partial charge in [-0.05, 0) is 30.7 Å². The van der Waals surface area contributed by atoms with E-state index in [4.69, 9.17) is 0 Å². The molecule has 2 aromatic rings. The van der Waals surface area contributed by atoms with Gasteiger partial charge in [0.15, 0.2) is 0 Å². The first-order valence-electron chi connectivity index (χ1n) is 6.71. The zero-order valence-electron chi connectivity index (χ0n) is 12.6. The molecule has 1 aromatic heterocycles. The summed E-state index contributed by atoms with van der Waals surface area (Å²) >= 11 is 0. The molecule has 0 radical (unpaired) electrons. The number of carboxylic acid groups (broad SMARTS) is 1. The summed E-state index contributed by atoms with van der Waals surface area (Å²) in [6.45, 7) is 7.51. The Labute approximate surface area is 123 Å². The third-order valence-electron chi connectivity index (χ3n) is 3.25. The third kappa shape index (κ3) is 3.10. The number of hydrogen-bond donors (Lipinski definition) is 1. The van der Waals surface area contributed by atoms with Gasteiger partial charge in [0, 0.05) is 11.0 Å². The lowest BCUT2D eigenvalue weighted by molar-refractivity contribution is 0.0693. The fourth-order valence-electron chi connectivity index (χ4n) is 2.28. The summed E-state index contributed by atoms with van der Waals surface area (Å²) in [5.41, 5.74) is 2.26. The van der Waals surface area contributed by atoms with Crippen LogP contribution in [0, 0.1) is 12.7 Å². The number of aromatic carboxylic acids is 1. The largest absolute Gasteiger partial charge is 0.478 e. The lowest BCUT2D eigenvalue weighted by Gasteiger charge is -2.22. The Morgan fingerprint density at radius 3 is 2.43 bits per heavy atom. The Morgan fingerprint density at radius 2 is 1.90 bits per heavy atom. The van der Waals surface area contributed by atoms with Gasteiger partial charge in [0.2, 0.25) is 0 Å². The van der Waals surface area contributed by atoms with Gasteiger partial charge in [0.1, 0.15) is 5.82 Å². The monoisotopic (exact) mass is 287 g/mol. The van der Waals surface area contributed by atoms with Crippen molar-refractivity contribution in [2.45, 2.75) is 33.1 Å². The first kappa shape index (κ1) is 15.2. The first-order valence-corrected chi connectivity index (χ1v) is 6.71. The number of carboxylic acids is 1. The summed E-state index contributed by atoms with van der Waals surface area (Å²) in [4.78, 5) is 16.0. The topological polar surface area (TPSA) is 50.2 Å². The second-order valence-electron chi connectivity index (χ2n) is 6.12. The molecule has 0 bridgehead atoms. The number of hydrogen-bond acceptors (Lipinski definition) is 2. The summed E-state index contributed by atoms with van der Waals surface area (Å²) in [6.07, 6.45) is 0. The van der Waals surface area contributed by atoms with Crippen LogP contribution in [-0.2, 0) is 5.41 Å². The molecular formula is C17H18FNO2. The maximum Gasteiger partial charge on any atom is 0.337 e. The van der Waals surface area contributed by atoms with Gasteiger partial charge >= 0.3 is 5.97 Å². The number of nitrogens with zero attached hydrogens (tertiary/aromatic N) is 1. The normalized spacial score (nSPS) is 11.5. The van der Waals surface area contributed by atoms with E-state index in [2.05, 4.69) is 4.98 Å². The van der Waals surface area contributed by atoms with Gasteiger partial charge in [-0.15, -0.1) is 0 Å². The van der Waals surface area contributed by atoms with Crippen molar-refractivity contribution in [3.05, 3.63) is 53.0 Å². The van der Waals surface area contributed by atoms with Crippen molar-refractivity contribution in [1.82, 2.24) is 4.98 Å². The van der Waals surface area contributed by atoms with Crippen molar-refractivity contribution in [3.8, 4) is 11.3 Å². The van der Waals surface area contributed by atoms with E-state index in [1.165, 1.54) is 12.1 Å². The van der Waals surface area contributed by atoms with Crippen LogP contribution in [-0.4, -0.2) is 16.1 Å². The molecule has 0 atom stereocenters. The second kappa shape index (κ2) is 5.28. The molecule has 0 aliphatic carbocycles. The zero-order chi connectivity index (χ0) is 15.8. The van der Waals surface area contributed by atoms with Gasteiger partial charge in [-0.25, -0.2) is 9.18 Å². The van der Waals surface area contributed by atoms with Crippen molar-refractivity contribution in [2.75, 3.05) is 0 Å². The molecule has 0 saturated carbocycles. The molecule has 0 spiro atoms. The molecular weight excluding hydrogens is 269 g/mol. The van der Waals surface area contributed by atoms with Crippen LogP contribution >= 0.6 is 0 Å². The molecule has 0 saturated heterocycles. The maximum atomic E-state index is 13.4. The Hall–Kier alpha value is -2.23. The summed E-state index contributed by atoms with van der Waals surface area (Å²) in [5, 5.41) is 9.36. The Morgan fingerprint density at radius 1 is 1.24 bits per heavy atom. The van der Waals surface area contributed by atoms with Crippen LogP contribution < -0.4 is 0 Å². The summed E-state index contributed by atoms with van der Waals surface area (Å²) in [5.74, 6) is -1.34. The van der Waals surface area contributed by atoms with Crippen molar-refractivity contribution in [3.63, 3.8) is 0 Å². The number of rotatable bonds is 2. The van der Waals surface area contributed by atoms with E-state index in [0.717, 1.165) is 0 Å². The molecule has 21 heavy (non-hydrogen) atoms. The minimum Gasteiger partial charge on any atom is -0.478 e. The number of halogens is 1. The number of benzene rings is 1. The zero-order valence-corrected chi connectivity index (χ0v) is 12.6. The highest BCUT2D eigenvalue weighted by molar-refractivity contribution is 5.90. The molecule has 0 aliphatic heterocycles. The fourth-order valence-corrected chi connectivity index (χ4v) is 2.28.